The molecule has 3 N–H and O–H groups in total. The van der Waals surface area contributed by atoms with Crippen LogP contribution >= 0.6 is 0 Å². The molecule has 6 heteroatoms. The molecule has 1 aliphatic carbocycles. The normalized spacial score (nSPS) is 21.8. The van der Waals surface area contributed by atoms with Crippen molar-refractivity contribution in [3.63, 3.8) is 0 Å². The average molecular weight is 317 g/mol. The number of hydrogen-bond acceptors (Lipinski definition) is 5. The number of carbonyl (C=O) groups excluding carboxylic acids is 1. The first kappa shape index (κ1) is 17.1. The minimum Gasteiger partial charge on any atom is -0.493 e. The van der Waals surface area contributed by atoms with E-state index in [1.54, 1.807) is 25.3 Å². The Morgan fingerprint density at radius 1 is 1.30 bits per heavy atom. The van der Waals surface area contributed by atoms with Crippen LogP contribution in [0, 0.1) is 17.2 Å². The molecule has 0 bridgehead atoms. The van der Waals surface area contributed by atoms with Crippen LogP contribution in [0.2, 0.25) is 0 Å². The Labute approximate surface area is 136 Å². The van der Waals surface area contributed by atoms with Gasteiger partial charge in [-0.25, -0.2) is 0 Å². The fourth-order valence-corrected chi connectivity index (χ4v) is 2.96. The largest absolute Gasteiger partial charge is 0.493 e. The van der Waals surface area contributed by atoms with Crippen LogP contribution in [0.3, 0.4) is 0 Å². The summed E-state index contributed by atoms with van der Waals surface area (Å²) in [6, 6.07) is 6.42. The SMILES string of the molecule is COc1ccc(C(C#N)NC(=O)C2CCCCC2N)cc1OC. The molecule has 1 fully saturated rings. The highest BCUT2D eigenvalue weighted by molar-refractivity contribution is 5.80. The van der Waals surface area contributed by atoms with Gasteiger partial charge in [-0.2, -0.15) is 5.26 Å². The summed E-state index contributed by atoms with van der Waals surface area (Å²) in [7, 11) is 3.08. The molecule has 0 radical (unpaired) electrons. The number of benzene rings is 1. The Hall–Kier alpha value is -2.26. The first-order valence-corrected chi connectivity index (χ1v) is 7.78. The van der Waals surface area contributed by atoms with E-state index in [0.29, 0.717) is 17.1 Å². The number of nitriles is 1. The highest BCUT2D eigenvalue weighted by Crippen LogP contribution is 2.30. The van der Waals surface area contributed by atoms with Crippen LogP contribution in [0.15, 0.2) is 18.2 Å². The van der Waals surface area contributed by atoms with Crippen LogP contribution in [0.4, 0.5) is 0 Å². The molecule has 6 nitrogen and oxygen atoms in total. The highest BCUT2D eigenvalue weighted by atomic mass is 16.5. The molecule has 0 saturated heterocycles. The Balaban J connectivity index is 2.13. The lowest BCUT2D eigenvalue weighted by Gasteiger charge is -2.28. The van der Waals surface area contributed by atoms with Crippen molar-refractivity contribution in [2.75, 3.05) is 14.2 Å². The molecule has 1 aromatic rings. The molecule has 0 heterocycles. The third-order valence-corrected chi connectivity index (χ3v) is 4.31. The molecule has 3 atom stereocenters. The van der Waals surface area contributed by atoms with Crippen LogP contribution in [-0.2, 0) is 4.79 Å². The zero-order valence-electron chi connectivity index (χ0n) is 13.5. The number of methoxy groups -OCH3 is 2. The molecule has 124 valence electrons. The summed E-state index contributed by atoms with van der Waals surface area (Å²) in [4.78, 5) is 12.4. The van der Waals surface area contributed by atoms with E-state index in [0.717, 1.165) is 25.7 Å². The van der Waals surface area contributed by atoms with Crippen molar-refractivity contribution in [3.05, 3.63) is 23.8 Å². The minimum atomic E-state index is -0.739. The lowest BCUT2D eigenvalue weighted by molar-refractivity contribution is -0.126. The molecule has 0 aliphatic heterocycles. The molecule has 1 saturated carbocycles. The van der Waals surface area contributed by atoms with Crippen molar-refractivity contribution in [3.8, 4) is 17.6 Å². The number of nitrogens with one attached hydrogen (secondary N) is 1. The summed E-state index contributed by atoms with van der Waals surface area (Å²) in [6.45, 7) is 0. The van der Waals surface area contributed by atoms with Crippen molar-refractivity contribution in [2.45, 2.75) is 37.8 Å². The third-order valence-electron chi connectivity index (χ3n) is 4.31. The van der Waals surface area contributed by atoms with Gasteiger partial charge in [0.05, 0.1) is 26.2 Å². The first-order valence-electron chi connectivity index (χ1n) is 7.78. The predicted molar refractivity (Wildman–Crippen MR) is 86.0 cm³/mol. The van der Waals surface area contributed by atoms with E-state index < -0.39 is 6.04 Å². The van der Waals surface area contributed by atoms with Crippen LogP contribution in [0.1, 0.15) is 37.3 Å². The van der Waals surface area contributed by atoms with Crippen LogP contribution < -0.4 is 20.5 Å². The summed E-state index contributed by atoms with van der Waals surface area (Å²) in [5.41, 5.74) is 6.69. The molecular formula is C17H23N3O3. The zero-order chi connectivity index (χ0) is 16.8. The molecule has 0 spiro atoms. The molecule has 1 aromatic carbocycles. The number of carbonyl (C=O) groups is 1. The van der Waals surface area contributed by atoms with Gasteiger partial charge in [0.1, 0.15) is 6.04 Å². The number of hydrogen-bond donors (Lipinski definition) is 2. The van der Waals surface area contributed by atoms with Gasteiger partial charge in [-0.3, -0.25) is 4.79 Å². The van der Waals surface area contributed by atoms with E-state index in [4.69, 9.17) is 15.2 Å². The van der Waals surface area contributed by atoms with Crippen molar-refractivity contribution < 1.29 is 14.3 Å². The molecule has 0 aromatic heterocycles. The predicted octanol–water partition coefficient (Wildman–Crippen LogP) is 1.90. The Bertz CT molecular complexity index is 597. The summed E-state index contributed by atoms with van der Waals surface area (Å²) >= 11 is 0. The zero-order valence-corrected chi connectivity index (χ0v) is 13.5. The molecule has 3 unspecified atom stereocenters. The van der Waals surface area contributed by atoms with E-state index in [-0.39, 0.29) is 17.9 Å². The second-order valence-electron chi connectivity index (χ2n) is 5.74. The van der Waals surface area contributed by atoms with Gasteiger partial charge in [0.15, 0.2) is 11.5 Å². The Morgan fingerprint density at radius 3 is 2.61 bits per heavy atom. The average Bonchev–Trinajstić information content (AvgIpc) is 2.59. The summed E-state index contributed by atoms with van der Waals surface area (Å²) in [5, 5.41) is 12.2. The van der Waals surface area contributed by atoms with E-state index in [1.807, 2.05) is 0 Å². The van der Waals surface area contributed by atoms with E-state index in [1.165, 1.54) is 7.11 Å². The van der Waals surface area contributed by atoms with Gasteiger partial charge in [-0.05, 0) is 30.5 Å². The van der Waals surface area contributed by atoms with Crippen molar-refractivity contribution in [1.82, 2.24) is 5.32 Å². The summed E-state index contributed by atoms with van der Waals surface area (Å²) < 4.78 is 10.4. The quantitative estimate of drug-likeness (QED) is 0.864. The number of nitrogens with two attached hydrogens (primary N) is 1. The number of nitrogens with zero attached hydrogens (tertiary/aromatic N) is 1. The number of rotatable bonds is 5. The molecular weight excluding hydrogens is 294 g/mol. The second kappa shape index (κ2) is 7.84. The first-order chi connectivity index (χ1) is 11.1. The lowest BCUT2D eigenvalue weighted by atomic mass is 9.84. The van der Waals surface area contributed by atoms with Gasteiger partial charge in [-0.15, -0.1) is 0 Å². The summed E-state index contributed by atoms with van der Waals surface area (Å²) in [5.74, 6) is 0.723. The van der Waals surface area contributed by atoms with Gasteiger partial charge in [0.2, 0.25) is 5.91 Å². The molecule has 2 rings (SSSR count). The van der Waals surface area contributed by atoms with Gasteiger partial charge in [-0.1, -0.05) is 18.9 Å². The van der Waals surface area contributed by atoms with E-state index >= 15 is 0 Å². The standard InChI is InChI=1S/C17H23N3O3/c1-22-15-8-7-11(9-16(15)23-2)14(10-18)20-17(21)12-5-3-4-6-13(12)19/h7-9,12-14H,3-6,19H2,1-2H3,(H,20,21). The Morgan fingerprint density at radius 2 is 2.00 bits per heavy atom. The van der Waals surface area contributed by atoms with Gasteiger partial charge < -0.3 is 20.5 Å². The molecule has 1 aliphatic rings. The van der Waals surface area contributed by atoms with E-state index in [9.17, 15) is 10.1 Å². The van der Waals surface area contributed by atoms with E-state index in [2.05, 4.69) is 11.4 Å². The maximum Gasteiger partial charge on any atom is 0.225 e. The second-order valence-corrected chi connectivity index (χ2v) is 5.74. The minimum absolute atomic E-state index is 0.131. The summed E-state index contributed by atoms with van der Waals surface area (Å²) in [6.07, 6.45) is 3.68. The number of amides is 1. The van der Waals surface area contributed by atoms with Gasteiger partial charge in [0.25, 0.3) is 0 Å². The maximum absolute atomic E-state index is 12.4. The molecule has 23 heavy (non-hydrogen) atoms. The van der Waals surface area contributed by atoms with Crippen LogP contribution in [0.5, 0.6) is 11.5 Å². The smallest absolute Gasteiger partial charge is 0.225 e. The third kappa shape index (κ3) is 3.93. The van der Waals surface area contributed by atoms with Crippen molar-refractivity contribution >= 4 is 5.91 Å². The van der Waals surface area contributed by atoms with Crippen molar-refractivity contribution in [2.24, 2.45) is 11.7 Å². The fraction of sp³-hybridized carbons (Fsp3) is 0.529. The molecule has 1 amide bonds. The highest BCUT2D eigenvalue weighted by Gasteiger charge is 2.30. The monoisotopic (exact) mass is 317 g/mol. The topological polar surface area (TPSA) is 97.4 Å². The Kier molecular flexibility index (Phi) is 5.83. The van der Waals surface area contributed by atoms with Crippen LogP contribution in [-0.4, -0.2) is 26.2 Å². The van der Waals surface area contributed by atoms with Gasteiger partial charge in [0, 0.05) is 6.04 Å². The van der Waals surface area contributed by atoms with Crippen molar-refractivity contribution in [1.29, 1.82) is 5.26 Å². The lowest BCUT2D eigenvalue weighted by Crippen LogP contribution is -2.44. The maximum atomic E-state index is 12.4. The fourth-order valence-electron chi connectivity index (χ4n) is 2.96. The number of ether oxygens (including phenoxy) is 2. The van der Waals surface area contributed by atoms with Crippen LogP contribution in [0.25, 0.3) is 0 Å². The van der Waals surface area contributed by atoms with Gasteiger partial charge >= 0.3 is 0 Å².